The molecular formula is C26H24N2O7. The number of amides is 1. The van der Waals surface area contributed by atoms with Crippen LogP contribution in [0.4, 0.5) is 0 Å². The molecule has 0 radical (unpaired) electrons. The summed E-state index contributed by atoms with van der Waals surface area (Å²) in [6.07, 6.45) is -0.0113. The van der Waals surface area contributed by atoms with Gasteiger partial charge in [0.15, 0.2) is 11.4 Å². The molecule has 180 valence electrons. The van der Waals surface area contributed by atoms with Crippen molar-refractivity contribution in [1.29, 1.82) is 0 Å². The maximum atomic E-state index is 13.6. The van der Waals surface area contributed by atoms with E-state index in [4.69, 9.17) is 5.73 Å². The van der Waals surface area contributed by atoms with Crippen LogP contribution in [0.5, 0.6) is 5.75 Å². The van der Waals surface area contributed by atoms with E-state index < -0.39 is 52.0 Å². The summed E-state index contributed by atoms with van der Waals surface area (Å²) in [5.74, 6) is -6.40. The number of hydrogen-bond donors (Lipinski definition) is 5. The number of fused-ring (bicyclic) bond motifs is 3. The first-order valence-corrected chi connectivity index (χ1v) is 11.2. The molecule has 1 aromatic heterocycles. The zero-order chi connectivity index (χ0) is 25.4. The maximum Gasteiger partial charge on any atom is 0.255 e. The van der Waals surface area contributed by atoms with Crippen LogP contribution in [0.3, 0.4) is 0 Å². The maximum absolute atomic E-state index is 13.6. The zero-order valence-electron chi connectivity index (χ0n) is 19.1. The lowest BCUT2D eigenvalue weighted by atomic mass is 9.59. The first kappa shape index (κ1) is 22.8. The van der Waals surface area contributed by atoms with Crippen molar-refractivity contribution in [3.63, 3.8) is 0 Å². The average Bonchev–Trinajstić information content (AvgIpc) is 2.75. The van der Waals surface area contributed by atoms with Gasteiger partial charge in [-0.2, -0.15) is 0 Å². The second-order valence-corrected chi connectivity index (χ2v) is 9.53. The summed E-state index contributed by atoms with van der Waals surface area (Å²) in [7, 11) is 0. The van der Waals surface area contributed by atoms with Gasteiger partial charge in [-0.1, -0.05) is 6.07 Å². The van der Waals surface area contributed by atoms with Crippen LogP contribution in [0.1, 0.15) is 35.4 Å². The summed E-state index contributed by atoms with van der Waals surface area (Å²) >= 11 is 0. The molecule has 1 saturated carbocycles. The Labute approximate surface area is 200 Å². The summed E-state index contributed by atoms with van der Waals surface area (Å²) in [6.45, 7) is 3.72. The third-order valence-electron chi connectivity index (χ3n) is 7.34. The standard InChI is InChI=1S/C26H24N2O7/c1-10-5-12(6-11(2)28-10)15-3-4-17(29)20-16(15)8-13-7-14-9-18(30)21(25(27)34)24(33)26(14,35)23(32)19(13)22(20)31/h3-6,13-14,29,31,33,35H,7-9H2,1-2H3,(H2,27,34). The highest BCUT2D eigenvalue weighted by Gasteiger charge is 2.60. The Kier molecular flexibility index (Phi) is 4.89. The Balaban J connectivity index is 1.72. The molecule has 3 unspecified atom stereocenters. The molecule has 3 atom stereocenters. The predicted octanol–water partition coefficient (Wildman–Crippen LogP) is 2.10. The van der Waals surface area contributed by atoms with Crippen molar-refractivity contribution in [2.24, 2.45) is 17.6 Å². The number of carbonyl (C=O) groups is 3. The normalized spacial score (nSPS) is 25.8. The van der Waals surface area contributed by atoms with Crippen LogP contribution in [0.25, 0.3) is 16.9 Å². The molecule has 0 bridgehead atoms. The highest BCUT2D eigenvalue weighted by Crippen LogP contribution is 2.53. The second-order valence-electron chi connectivity index (χ2n) is 9.53. The van der Waals surface area contributed by atoms with E-state index in [1.165, 1.54) is 6.07 Å². The van der Waals surface area contributed by atoms with Crippen molar-refractivity contribution in [3.05, 3.63) is 63.7 Å². The number of Topliss-reactive ketones (excluding diaryl/α,β-unsaturated/α-hetero) is 2. The van der Waals surface area contributed by atoms with Gasteiger partial charge in [0.1, 0.15) is 22.8 Å². The molecule has 6 N–H and O–H groups in total. The summed E-state index contributed by atoms with van der Waals surface area (Å²) in [5, 5.41) is 43.8. The number of aliphatic hydroxyl groups is 3. The van der Waals surface area contributed by atoms with Gasteiger partial charge >= 0.3 is 0 Å². The van der Waals surface area contributed by atoms with Gasteiger partial charge in [0.2, 0.25) is 5.78 Å². The van der Waals surface area contributed by atoms with Gasteiger partial charge in [-0.25, -0.2) is 0 Å². The number of nitrogens with zero attached hydrogens (tertiary/aromatic N) is 1. The van der Waals surface area contributed by atoms with Gasteiger partial charge < -0.3 is 26.2 Å². The smallest absolute Gasteiger partial charge is 0.255 e. The van der Waals surface area contributed by atoms with Crippen molar-refractivity contribution in [2.45, 2.75) is 38.7 Å². The molecule has 1 aromatic carbocycles. The Morgan fingerprint density at radius 1 is 1.09 bits per heavy atom. The first-order valence-electron chi connectivity index (χ1n) is 11.2. The number of benzene rings is 1. The van der Waals surface area contributed by atoms with Crippen molar-refractivity contribution in [2.75, 3.05) is 0 Å². The predicted molar refractivity (Wildman–Crippen MR) is 124 cm³/mol. The molecule has 9 nitrogen and oxygen atoms in total. The number of phenolic OH excluding ortho intramolecular Hbond substituents is 1. The molecule has 0 saturated heterocycles. The molecule has 3 aliphatic carbocycles. The topological polar surface area (TPSA) is 171 Å². The minimum atomic E-state index is -2.57. The Morgan fingerprint density at radius 3 is 2.37 bits per heavy atom. The molecule has 9 heteroatoms. The van der Waals surface area contributed by atoms with Gasteiger partial charge in [-0.3, -0.25) is 19.4 Å². The summed E-state index contributed by atoms with van der Waals surface area (Å²) < 4.78 is 0. The molecule has 3 aliphatic rings. The number of ketones is 2. The molecule has 1 fully saturated rings. The molecule has 1 heterocycles. The molecule has 0 aliphatic heterocycles. The van der Waals surface area contributed by atoms with Crippen LogP contribution < -0.4 is 5.73 Å². The van der Waals surface area contributed by atoms with E-state index in [1.807, 2.05) is 26.0 Å². The number of aryl methyl sites for hydroxylation is 2. The fourth-order valence-electron chi connectivity index (χ4n) is 5.88. The number of hydrogen-bond acceptors (Lipinski definition) is 8. The lowest BCUT2D eigenvalue weighted by Gasteiger charge is -2.46. The lowest BCUT2D eigenvalue weighted by Crippen LogP contribution is -2.58. The Hall–Kier alpha value is -3.98. The van der Waals surface area contributed by atoms with Crippen LogP contribution in [-0.4, -0.2) is 48.5 Å². The van der Waals surface area contributed by atoms with Crippen molar-refractivity contribution in [1.82, 2.24) is 4.98 Å². The number of primary amides is 1. The Bertz CT molecular complexity index is 1400. The van der Waals surface area contributed by atoms with Crippen LogP contribution in [0, 0.1) is 25.7 Å². The van der Waals surface area contributed by atoms with E-state index in [0.29, 0.717) is 5.56 Å². The minimum Gasteiger partial charge on any atom is -0.508 e. The molecule has 2 aromatic rings. The van der Waals surface area contributed by atoms with Gasteiger partial charge in [0.05, 0.1) is 5.56 Å². The molecule has 5 rings (SSSR count). The van der Waals surface area contributed by atoms with E-state index in [0.717, 1.165) is 22.5 Å². The van der Waals surface area contributed by atoms with E-state index >= 15 is 0 Å². The van der Waals surface area contributed by atoms with Gasteiger partial charge in [0, 0.05) is 29.3 Å². The number of phenols is 1. The van der Waals surface area contributed by atoms with Gasteiger partial charge in [-0.05, 0) is 67.5 Å². The van der Waals surface area contributed by atoms with Crippen LogP contribution in [0.15, 0.2) is 41.2 Å². The number of aromatic nitrogens is 1. The van der Waals surface area contributed by atoms with Crippen LogP contribution in [-0.2, 0) is 20.8 Å². The van der Waals surface area contributed by atoms with E-state index in [9.17, 15) is 34.8 Å². The molecule has 1 amide bonds. The highest BCUT2D eigenvalue weighted by atomic mass is 16.3. The third kappa shape index (κ3) is 3.11. The quantitative estimate of drug-likeness (QED) is 0.410. The third-order valence-corrected chi connectivity index (χ3v) is 7.34. The minimum absolute atomic E-state index is 0.0711. The SMILES string of the molecule is Cc1cc(-c2ccc(O)c3c2CC2CC4CC(=O)C(C(N)=O)=C(O)C4(O)C(=O)C2=C3O)cc(C)n1. The molecule has 35 heavy (non-hydrogen) atoms. The van der Waals surface area contributed by atoms with E-state index in [-0.39, 0.29) is 36.1 Å². The first-order chi connectivity index (χ1) is 16.4. The van der Waals surface area contributed by atoms with Crippen LogP contribution >= 0.6 is 0 Å². The van der Waals surface area contributed by atoms with Crippen LogP contribution in [0.2, 0.25) is 0 Å². The fraction of sp³-hybridized carbons (Fsp3) is 0.308. The second kappa shape index (κ2) is 7.51. The number of aromatic hydroxyl groups is 1. The fourth-order valence-corrected chi connectivity index (χ4v) is 5.88. The molecule has 0 spiro atoms. The number of aliphatic hydroxyl groups excluding tert-OH is 2. The lowest BCUT2D eigenvalue weighted by molar-refractivity contribution is -0.147. The van der Waals surface area contributed by atoms with Crippen molar-refractivity contribution in [3.8, 4) is 16.9 Å². The number of carbonyl (C=O) groups excluding carboxylic acids is 3. The largest absolute Gasteiger partial charge is 0.508 e. The number of nitrogens with two attached hydrogens (primary N) is 1. The zero-order valence-corrected chi connectivity index (χ0v) is 19.1. The van der Waals surface area contributed by atoms with Gasteiger partial charge in [-0.15, -0.1) is 0 Å². The van der Waals surface area contributed by atoms with Crippen molar-refractivity contribution < 1.29 is 34.8 Å². The number of pyridine rings is 1. The Morgan fingerprint density at radius 2 is 1.74 bits per heavy atom. The average molecular weight is 476 g/mol. The van der Waals surface area contributed by atoms with E-state index in [1.54, 1.807) is 6.07 Å². The summed E-state index contributed by atoms with van der Waals surface area (Å²) in [6, 6.07) is 6.92. The van der Waals surface area contributed by atoms with Crippen molar-refractivity contribution >= 4 is 23.2 Å². The summed E-state index contributed by atoms with van der Waals surface area (Å²) in [5.41, 5.74) is 5.56. The number of rotatable bonds is 2. The highest BCUT2D eigenvalue weighted by molar-refractivity contribution is 6.22. The monoisotopic (exact) mass is 476 g/mol. The van der Waals surface area contributed by atoms with E-state index in [2.05, 4.69) is 4.98 Å². The van der Waals surface area contributed by atoms with Gasteiger partial charge in [0.25, 0.3) is 5.91 Å². The molecular weight excluding hydrogens is 452 g/mol. The summed E-state index contributed by atoms with van der Waals surface area (Å²) in [4.78, 5) is 42.2.